The maximum atomic E-state index is 12.6. The van der Waals surface area contributed by atoms with Crippen molar-refractivity contribution in [2.75, 3.05) is 18.8 Å². The van der Waals surface area contributed by atoms with Gasteiger partial charge in [0.15, 0.2) is 0 Å². The Morgan fingerprint density at radius 1 is 1.38 bits per heavy atom. The van der Waals surface area contributed by atoms with Gasteiger partial charge >= 0.3 is 0 Å². The highest BCUT2D eigenvalue weighted by atomic mass is 16.2. The number of aryl methyl sites for hydroxylation is 2. The van der Waals surface area contributed by atoms with Crippen LogP contribution in [-0.2, 0) is 11.3 Å². The van der Waals surface area contributed by atoms with Crippen molar-refractivity contribution in [3.05, 3.63) is 11.4 Å². The summed E-state index contributed by atoms with van der Waals surface area (Å²) in [6.45, 7) is 10.2. The molecule has 0 aromatic carbocycles. The van der Waals surface area contributed by atoms with Crippen LogP contribution in [-0.4, -0.2) is 45.6 Å². The Kier molecular flexibility index (Phi) is 5.75. The van der Waals surface area contributed by atoms with Crippen molar-refractivity contribution in [3.8, 4) is 0 Å². The summed E-state index contributed by atoms with van der Waals surface area (Å²) in [6, 6.07) is 0.0415. The molecular formula is C14H25N5O2. The molecule has 7 nitrogen and oxygen atoms in total. The molecule has 1 aromatic heterocycles. The molecule has 21 heavy (non-hydrogen) atoms. The summed E-state index contributed by atoms with van der Waals surface area (Å²) in [5.41, 5.74) is 7.32. The van der Waals surface area contributed by atoms with Crippen LogP contribution in [0.1, 0.15) is 43.9 Å². The number of nitrogen functional groups attached to an aromatic ring is 1. The number of nitrogens with two attached hydrogens (primary N) is 1. The van der Waals surface area contributed by atoms with Crippen LogP contribution < -0.4 is 11.1 Å². The van der Waals surface area contributed by atoms with Gasteiger partial charge in [0.25, 0.3) is 5.91 Å². The van der Waals surface area contributed by atoms with Crippen molar-refractivity contribution < 1.29 is 9.59 Å². The lowest BCUT2D eigenvalue weighted by Crippen LogP contribution is -2.43. The van der Waals surface area contributed by atoms with E-state index in [2.05, 4.69) is 10.4 Å². The van der Waals surface area contributed by atoms with Crippen molar-refractivity contribution >= 4 is 17.5 Å². The molecule has 0 aliphatic carbocycles. The number of nitrogens with zero attached hydrogens (tertiary/aromatic N) is 3. The Morgan fingerprint density at radius 2 is 2.00 bits per heavy atom. The molecule has 0 unspecified atom stereocenters. The van der Waals surface area contributed by atoms with E-state index >= 15 is 0 Å². The van der Waals surface area contributed by atoms with E-state index in [1.807, 2.05) is 27.7 Å². The van der Waals surface area contributed by atoms with Crippen LogP contribution in [0.3, 0.4) is 0 Å². The van der Waals surface area contributed by atoms with Crippen molar-refractivity contribution in [3.63, 3.8) is 0 Å². The van der Waals surface area contributed by atoms with E-state index in [0.29, 0.717) is 30.2 Å². The second kappa shape index (κ2) is 7.10. The molecule has 0 aliphatic rings. The Bertz CT molecular complexity index is 522. The Hall–Kier alpha value is -2.05. The maximum absolute atomic E-state index is 12.6. The highest BCUT2D eigenvalue weighted by Gasteiger charge is 2.25. The zero-order valence-corrected chi connectivity index (χ0v) is 13.4. The normalized spacial score (nSPS) is 10.8. The van der Waals surface area contributed by atoms with Gasteiger partial charge in [0, 0.05) is 19.1 Å². The number of nitrogens with one attached hydrogen (secondary N) is 1. The van der Waals surface area contributed by atoms with Gasteiger partial charge in [-0.2, -0.15) is 5.10 Å². The number of carbonyl (C=O) groups excluding carboxylic acids is 2. The number of carbonyl (C=O) groups is 2. The topological polar surface area (TPSA) is 93.2 Å². The smallest absolute Gasteiger partial charge is 0.274 e. The summed E-state index contributed by atoms with van der Waals surface area (Å²) in [6.07, 6.45) is 0. The molecule has 0 radical (unpaired) electrons. The van der Waals surface area contributed by atoms with Crippen LogP contribution in [0.25, 0.3) is 0 Å². The molecule has 7 heteroatoms. The average molecular weight is 295 g/mol. The molecule has 0 aliphatic heterocycles. The van der Waals surface area contributed by atoms with E-state index in [9.17, 15) is 9.59 Å². The third kappa shape index (κ3) is 3.96. The van der Waals surface area contributed by atoms with E-state index in [-0.39, 0.29) is 24.4 Å². The Labute approximate surface area is 125 Å². The van der Waals surface area contributed by atoms with Crippen molar-refractivity contribution in [1.29, 1.82) is 0 Å². The largest absolute Gasteiger partial charge is 0.395 e. The monoisotopic (exact) mass is 295 g/mol. The summed E-state index contributed by atoms with van der Waals surface area (Å²) >= 11 is 0. The molecule has 0 bridgehead atoms. The Morgan fingerprint density at radius 3 is 2.48 bits per heavy atom. The molecule has 118 valence electrons. The highest BCUT2D eigenvalue weighted by molar-refractivity contribution is 5.99. The first kappa shape index (κ1) is 17.0. The lowest BCUT2D eigenvalue weighted by atomic mass is 10.2. The van der Waals surface area contributed by atoms with Crippen molar-refractivity contribution in [2.24, 2.45) is 0 Å². The lowest BCUT2D eigenvalue weighted by molar-refractivity contribution is -0.122. The molecule has 0 saturated heterocycles. The van der Waals surface area contributed by atoms with Crippen LogP contribution in [0.2, 0.25) is 0 Å². The number of aromatic nitrogens is 2. The van der Waals surface area contributed by atoms with Gasteiger partial charge in [0.2, 0.25) is 5.91 Å². The minimum atomic E-state index is -0.267. The van der Waals surface area contributed by atoms with Gasteiger partial charge in [-0.05, 0) is 34.6 Å². The minimum absolute atomic E-state index is 0.0148. The zero-order valence-electron chi connectivity index (χ0n) is 13.4. The summed E-state index contributed by atoms with van der Waals surface area (Å²) in [5.74, 6) is -0.450. The first-order valence-corrected chi connectivity index (χ1v) is 7.23. The Balaban J connectivity index is 2.96. The molecule has 3 N–H and O–H groups in total. The molecule has 0 saturated carbocycles. The van der Waals surface area contributed by atoms with E-state index in [1.165, 1.54) is 4.90 Å². The van der Waals surface area contributed by atoms with E-state index < -0.39 is 0 Å². The van der Waals surface area contributed by atoms with E-state index in [0.717, 1.165) is 0 Å². The number of hydrogen-bond acceptors (Lipinski definition) is 4. The van der Waals surface area contributed by atoms with Gasteiger partial charge in [-0.1, -0.05) is 0 Å². The minimum Gasteiger partial charge on any atom is -0.395 e. The van der Waals surface area contributed by atoms with Crippen molar-refractivity contribution in [2.45, 2.75) is 47.2 Å². The molecule has 0 fully saturated rings. The number of anilines is 1. The van der Waals surface area contributed by atoms with Gasteiger partial charge in [0.1, 0.15) is 5.69 Å². The van der Waals surface area contributed by atoms with Gasteiger partial charge in [-0.15, -0.1) is 0 Å². The summed E-state index contributed by atoms with van der Waals surface area (Å²) in [5, 5.41) is 7.01. The third-order valence-electron chi connectivity index (χ3n) is 3.13. The summed E-state index contributed by atoms with van der Waals surface area (Å²) in [7, 11) is 0. The van der Waals surface area contributed by atoms with Crippen molar-refractivity contribution in [1.82, 2.24) is 20.0 Å². The predicted octanol–water partition coefficient (Wildman–Crippen LogP) is 0.780. The highest BCUT2D eigenvalue weighted by Crippen LogP contribution is 2.18. The lowest BCUT2D eigenvalue weighted by Gasteiger charge is -2.21. The number of hydrogen-bond donors (Lipinski definition) is 2. The van der Waals surface area contributed by atoms with Gasteiger partial charge < -0.3 is 16.0 Å². The molecule has 1 aromatic rings. The average Bonchev–Trinajstić information content (AvgIpc) is 2.70. The van der Waals surface area contributed by atoms with Crippen LogP contribution in [0, 0.1) is 6.92 Å². The molecular weight excluding hydrogens is 270 g/mol. The molecule has 0 spiro atoms. The maximum Gasteiger partial charge on any atom is 0.274 e. The van der Waals surface area contributed by atoms with Gasteiger partial charge in [0.05, 0.1) is 17.9 Å². The second-order valence-corrected chi connectivity index (χ2v) is 5.20. The van der Waals surface area contributed by atoms with E-state index in [1.54, 1.807) is 11.6 Å². The van der Waals surface area contributed by atoms with Crippen LogP contribution in [0.4, 0.5) is 5.69 Å². The third-order valence-corrected chi connectivity index (χ3v) is 3.13. The zero-order chi connectivity index (χ0) is 16.2. The first-order chi connectivity index (χ1) is 9.81. The molecule has 1 heterocycles. The SMILES string of the molecule is CCN(CC(=O)NC(C)C)C(=O)c1c(N)c(C)nn1CC. The fourth-order valence-electron chi connectivity index (χ4n) is 2.07. The van der Waals surface area contributed by atoms with Gasteiger partial charge in [-0.3, -0.25) is 14.3 Å². The van der Waals surface area contributed by atoms with E-state index in [4.69, 9.17) is 5.73 Å². The molecule has 2 amide bonds. The summed E-state index contributed by atoms with van der Waals surface area (Å²) in [4.78, 5) is 25.9. The number of likely N-dealkylation sites (N-methyl/N-ethyl adjacent to an activating group) is 1. The fraction of sp³-hybridized carbons (Fsp3) is 0.643. The van der Waals surface area contributed by atoms with Crippen LogP contribution in [0.5, 0.6) is 0 Å². The number of rotatable bonds is 6. The molecule has 1 rings (SSSR count). The predicted molar refractivity (Wildman–Crippen MR) is 81.9 cm³/mol. The second-order valence-electron chi connectivity index (χ2n) is 5.20. The van der Waals surface area contributed by atoms with Crippen LogP contribution >= 0.6 is 0 Å². The molecule has 0 atom stereocenters. The van der Waals surface area contributed by atoms with Crippen LogP contribution in [0.15, 0.2) is 0 Å². The number of amides is 2. The fourth-order valence-corrected chi connectivity index (χ4v) is 2.07. The standard InChI is InChI=1S/C14H25N5O2/c1-6-18(8-11(20)16-9(3)4)14(21)13-12(15)10(5)17-19(13)7-2/h9H,6-8,15H2,1-5H3,(H,16,20). The first-order valence-electron chi connectivity index (χ1n) is 7.23. The summed E-state index contributed by atoms with van der Waals surface area (Å²) < 4.78 is 1.58. The quantitative estimate of drug-likeness (QED) is 0.811. The van der Waals surface area contributed by atoms with Gasteiger partial charge in [-0.25, -0.2) is 0 Å².